The maximum atomic E-state index is 13.2. The first kappa shape index (κ1) is 22.3. The Hall–Kier alpha value is -4.52. The van der Waals surface area contributed by atoms with E-state index in [4.69, 9.17) is 19.2 Å². The van der Waals surface area contributed by atoms with E-state index >= 15 is 0 Å². The lowest BCUT2D eigenvalue weighted by Gasteiger charge is -2.12. The van der Waals surface area contributed by atoms with Crippen LogP contribution in [-0.4, -0.2) is 37.2 Å². The van der Waals surface area contributed by atoms with Crippen LogP contribution >= 0.6 is 0 Å². The summed E-state index contributed by atoms with van der Waals surface area (Å²) in [5.41, 5.74) is 4.60. The van der Waals surface area contributed by atoms with E-state index in [1.165, 1.54) is 0 Å². The Morgan fingerprint density at radius 1 is 0.857 bits per heavy atom. The molecule has 3 aromatic carbocycles. The molecule has 0 unspecified atom stereocenters. The van der Waals surface area contributed by atoms with E-state index in [0.29, 0.717) is 29.4 Å². The number of aromatic amines is 1. The molecule has 0 aliphatic heterocycles. The number of hydrogen-bond acceptors (Lipinski definition) is 5. The molecule has 35 heavy (non-hydrogen) atoms. The average molecular weight is 468 g/mol. The van der Waals surface area contributed by atoms with E-state index in [-0.39, 0.29) is 5.91 Å². The molecule has 0 saturated carbocycles. The number of H-pyrrole nitrogens is 1. The highest BCUT2D eigenvalue weighted by Gasteiger charge is 2.18. The average Bonchev–Trinajstić information content (AvgIpc) is 3.29. The second-order valence-electron chi connectivity index (χ2n) is 8.05. The summed E-state index contributed by atoms with van der Waals surface area (Å²) in [4.78, 5) is 21.4. The van der Waals surface area contributed by atoms with Crippen LogP contribution in [0.4, 0.5) is 0 Å². The first-order valence-corrected chi connectivity index (χ1v) is 11.2. The van der Waals surface area contributed by atoms with Crippen LogP contribution in [0.1, 0.15) is 16.1 Å². The molecular weight excluding hydrogens is 442 g/mol. The molecule has 0 bridgehead atoms. The van der Waals surface area contributed by atoms with Crippen molar-refractivity contribution in [1.82, 2.24) is 15.3 Å². The first-order valence-electron chi connectivity index (χ1n) is 11.2. The minimum absolute atomic E-state index is 0.255. The Morgan fingerprint density at radius 2 is 1.63 bits per heavy atom. The molecule has 0 aliphatic rings. The summed E-state index contributed by atoms with van der Waals surface area (Å²) >= 11 is 0. The third-order valence-corrected chi connectivity index (χ3v) is 6.00. The number of ether oxygens (including phenoxy) is 3. The number of benzene rings is 3. The standard InChI is InChI=1S/C28H25N3O4/c1-33-19-11-8-17(9-12-19)16-29-28(32)23-15-21-20-6-4-5-7-22(20)30-27(21)26(31-23)18-10-13-24(34-2)25(14-18)35-3/h4-15,30H,16H2,1-3H3,(H,29,32). The van der Waals surface area contributed by atoms with Crippen molar-refractivity contribution in [2.75, 3.05) is 21.3 Å². The molecule has 2 heterocycles. The predicted molar refractivity (Wildman–Crippen MR) is 136 cm³/mol. The number of para-hydroxylation sites is 1. The van der Waals surface area contributed by atoms with Crippen molar-refractivity contribution in [2.45, 2.75) is 6.54 Å². The van der Waals surface area contributed by atoms with Gasteiger partial charge >= 0.3 is 0 Å². The monoisotopic (exact) mass is 467 g/mol. The molecule has 7 nitrogen and oxygen atoms in total. The minimum Gasteiger partial charge on any atom is -0.497 e. The maximum Gasteiger partial charge on any atom is 0.270 e. The number of fused-ring (bicyclic) bond motifs is 3. The molecule has 0 saturated heterocycles. The van der Waals surface area contributed by atoms with Crippen molar-refractivity contribution in [3.63, 3.8) is 0 Å². The van der Waals surface area contributed by atoms with Crippen LogP contribution in [-0.2, 0) is 6.54 Å². The normalized spacial score (nSPS) is 10.9. The molecule has 0 fully saturated rings. The van der Waals surface area contributed by atoms with Crippen LogP contribution in [0.15, 0.2) is 72.8 Å². The minimum atomic E-state index is -0.255. The number of nitrogens with zero attached hydrogens (tertiary/aromatic N) is 1. The molecule has 176 valence electrons. The second-order valence-corrected chi connectivity index (χ2v) is 8.05. The van der Waals surface area contributed by atoms with Crippen molar-refractivity contribution >= 4 is 27.7 Å². The van der Waals surface area contributed by atoms with Gasteiger partial charge in [0.25, 0.3) is 5.91 Å². The Bertz CT molecular complexity index is 1520. The lowest BCUT2D eigenvalue weighted by atomic mass is 10.1. The predicted octanol–water partition coefficient (Wildman–Crippen LogP) is 5.34. The van der Waals surface area contributed by atoms with Crippen molar-refractivity contribution in [3.8, 4) is 28.5 Å². The number of amides is 1. The summed E-state index contributed by atoms with van der Waals surface area (Å²) < 4.78 is 16.1. The van der Waals surface area contributed by atoms with Gasteiger partial charge in [0.05, 0.1) is 32.5 Å². The number of nitrogens with one attached hydrogen (secondary N) is 2. The Labute approximate surface area is 202 Å². The van der Waals surface area contributed by atoms with Crippen LogP contribution in [0.5, 0.6) is 17.2 Å². The number of carbonyl (C=O) groups excluding carboxylic acids is 1. The van der Waals surface area contributed by atoms with Gasteiger partial charge in [-0.2, -0.15) is 0 Å². The van der Waals surface area contributed by atoms with Gasteiger partial charge < -0.3 is 24.5 Å². The first-order chi connectivity index (χ1) is 17.1. The third-order valence-electron chi connectivity index (χ3n) is 6.00. The van der Waals surface area contributed by atoms with E-state index in [2.05, 4.69) is 10.3 Å². The molecule has 0 spiro atoms. The molecular formula is C28H25N3O4. The molecule has 0 aliphatic carbocycles. The Morgan fingerprint density at radius 3 is 2.37 bits per heavy atom. The molecule has 2 aromatic heterocycles. The fourth-order valence-electron chi connectivity index (χ4n) is 4.17. The molecule has 5 rings (SSSR count). The largest absolute Gasteiger partial charge is 0.497 e. The smallest absolute Gasteiger partial charge is 0.270 e. The number of pyridine rings is 1. The fraction of sp³-hybridized carbons (Fsp3) is 0.143. The highest BCUT2D eigenvalue weighted by molar-refractivity contribution is 6.13. The van der Waals surface area contributed by atoms with Crippen molar-refractivity contribution in [1.29, 1.82) is 0 Å². The zero-order valence-electron chi connectivity index (χ0n) is 19.7. The number of carbonyl (C=O) groups is 1. The van der Waals surface area contributed by atoms with Crippen LogP contribution in [0.25, 0.3) is 33.1 Å². The number of hydrogen-bond donors (Lipinski definition) is 2. The summed E-state index contributed by atoms with van der Waals surface area (Å²) in [6, 6.07) is 23.0. The van der Waals surface area contributed by atoms with Gasteiger partial charge in [0.15, 0.2) is 11.5 Å². The summed E-state index contributed by atoms with van der Waals surface area (Å²) in [6.07, 6.45) is 0. The van der Waals surface area contributed by atoms with Crippen molar-refractivity contribution in [3.05, 3.63) is 84.1 Å². The van der Waals surface area contributed by atoms with Gasteiger partial charge in [0, 0.05) is 28.4 Å². The van der Waals surface area contributed by atoms with E-state index in [1.807, 2.05) is 72.8 Å². The summed E-state index contributed by atoms with van der Waals surface area (Å²) in [6.45, 7) is 0.377. The highest BCUT2D eigenvalue weighted by Crippen LogP contribution is 2.36. The molecule has 2 N–H and O–H groups in total. The lowest BCUT2D eigenvalue weighted by molar-refractivity contribution is 0.0946. The maximum absolute atomic E-state index is 13.2. The molecule has 1 amide bonds. The van der Waals surface area contributed by atoms with Crippen LogP contribution in [0, 0.1) is 0 Å². The van der Waals surface area contributed by atoms with Gasteiger partial charge in [-0.15, -0.1) is 0 Å². The van der Waals surface area contributed by atoms with Crippen molar-refractivity contribution < 1.29 is 19.0 Å². The van der Waals surface area contributed by atoms with Gasteiger partial charge in [-0.25, -0.2) is 4.98 Å². The third kappa shape index (κ3) is 4.24. The summed E-state index contributed by atoms with van der Waals surface area (Å²) in [7, 11) is 4.81. The van der Waals surface area contributed by atoms with Crippen molar-refractivity contribution in [2.24, 2.45) is 0 Å². The van der Waals surface area contributed by atoms with Crippen LogP contribution in [0.2, 0.25) is 0 Å². The van der Waals surface area contributed by atoms with Gasteiger partial charge in [-0.05, 0) is 48.0 Å². The summed E-state index contributed by atoms with van der Waals surface area (Å²) in [5, 5.41) is 4.93. The second kappa shape index (κ2) is 9.38. The number of rotatable bonds is 7. The fourth-order valence-corrected chi connectivity index (χ4v) is 4.17. The van der Waals surface area contributed by atoms with E-state index < -0.39 is 0 Å². The van der Waals surface area contributed by atoms with Gasteiger partial charge in [0.1, 0.15) is 11.4 Å². The SMILES string of the molecule is COc1ccc(CNC(=O)c2cc3c([nH]c4ccccc43)c(-c3ccc(OC)c(OC)c3)n2)cc1. The van der Waals surface area contributed by atoms with Gasteiger partial charge in [-0.1, -0.05) is 30.3 Å². The molecule has 0 radical (unpaired) electrons. The molecule has 0 atom stereocenters. The summed E-state index contributed by atoms with van der Waals surface area (Å²) in [5.74, 6) is 1.73. The van der Waals surface area contributed by atoms with Gasteiger partial charge in [-0.3, -0.25) is 4.79 Å². The van der Waals surface area contributed by atoms with E-state index in [9.17, 15) is 4.79 Å². The Kier molecular flexibility index (Phi) is 5.97. The van der Waals surface area contributed by atoms with E-state index in [0.717, 1.165) is 38.7 Å². The Balaban J connectivity index is 1.58. The van der Waals surface area contributed by atoms with Gasteiger partial charge in [0.2, 0.25) is 0 Å². The number of methoxy groups -OCH3 is 3. The number of aromatic nitrogens is 2. The highest BCUT2D eigenvalue weighted by atomic mass is 16.5. The molecule has 7 heteroatoms. The topological polar surface area (TPSA) is 85.5 Å². The van der Waals surface area contributed by atoms with Crippen LogP contribution < -0.4 is 19.5 Å². The zero-order chi connectivity index (χ0) is 24.4. The lowest BCUT2D eigenvalue weighted by Crippen LogP contribution is -2.24. The molecule has 5 aromatic rings. The van der Waals surface area contributed by atoms with Crippen LogP contribution in [0.3, 0.4) is 0 Å². The van der Waals surface area contributed by atoms with E-state index in [1.54, 1.807) is 21.3 Å². The zero-order valence-corrected chi connectivity index (χ0v) is 19.7. The quantitative estimate of drug-likeness (QED) is 0.338.